The van der Waals surface area contributed by atoms with Crippen LogP contribution in [0.15, 0.2) is 42.9 Å². The number of nitrogens with zero attached hydrogens (tertiary/aromatic N) is 1. The molecule has 0 radical (unpaired) electrons. The number of benzene rings is 1. The zero-order valence-electron chi connectivity index (χ0n) is 60.4. The number of nitrogens with one attached hydrogen (secondary N) is 12. The molecule has 0 fully saturated rings. The first-order chi connectivity index (χ1) is 46.8. The molecule has 0 aliphatic rings. The summed E-state index contributed by atoms with van der Waals surface area (Å²) in [7, 11) is 0. The number of carboxylic acids is 1. The number of unbranched alkanes of at least 4 members (excludes halogenated alkanes) is 2. The fraction of sp³-hybridized carbons (Fsp3) is 0.696. The van der Waals surface area contributed by atoms with Crippen LogP contribution in [0.1, 0.15) is 178 Å². The number of carbonyl (C=O) groups excluding carboxylic acids is 11. The molecule has 30 nitrogen and oxygen atoms in total. The number of amides is 11. The summed E-state index contributed by atoms with van der Waals surface area (Å²) in [6, 6.07) is -6.55. The highest BCUT2D eigenvalue weighted by molar-refractivity contribution is 5.99. The van der Waals surface area contributed by atoms with Gasteiger partial charge in [-0.3, -0.25) is 52.7 Å². The molecule has 0 saturated heterocycles. The summed E-state index contributed by atoms with van der Waals surface area (Å²) in [5.74, 6) is -11.9. The van der Waals surface area contributed by atoms with Crippen LogP contribution in [-0.4, -0.2) is 183 Å². The average Bonchev–Trinajstić information content (AvgIpc) is 1.47. The number of imidazole rings is 1. The highest BCUT2D eigenvalue weighted by atomic mass is 16.4. The van der Waals surface area contributed by atoms with Crippen molar-refractivity contribution in [1.29, 1.82) is 0 Å². The third-order valence-electron chi connectivity index (χ3n) is 17.8. The lowest BCUT2D eigenvalue weighted by molar-refractivity contribution is -0.142. The van der Waals surface area contributed by atoms with E-state index in [1.165, 1.54) is 19.4 Å². The first-order valence-corrected chi connectivity index (χ1v) is 35.2. The van der Waals surface area contributed by atoms with Crippen LogP contribution >= 0.6 is 0 Å². The first-order valence-electron chi connectivity index (χ1n) is 35.2. The number of aromatic nitrogens is 2. The van der Waals surface area contributed by atoms with Crippen molar-refractivity contribution in [2.24, 2.45) is 52.7 Å². The molecule has 20 N–H and O–H groups in total. The Morgan fingerprint density at radius 1 is 0.434 bits per heavy atom. The number of aliphatic carboxylic acids is 1. The van der Waals surface area contributed by atoms with Crippen LogP contribution in [0.2, 0.25) is 0 Å². The third-order valence-corrected chi connectivity index (χ3v) is 17.8. The van der Waals surface area contributed by atoms with Crippen LogP contribution in [-0.2, 0) is 70.4 Å². The van der Waals surface area contributed by atoms with Crippen molar-refractivity contribution in [2.45, 2.75) is 252 Å². The monoisotopic (exact) mass is 1390 g/mol. The van der Waals surface area contributed by atoms with Crippen molar-refractivity contribution in [2.75, 3.05) is 19.7 Å². The summed E-state index contributed by atoms with van der Waals surface area (Å²) in [5.41, 5.74) is 18.5. The highest BCUT2D eigenvalue weighted by Gasteiger charge is 2.39. The van der Waals surface area contributed by atoms with Gasteiger partial charge in [0.2, 0.25) is 65.0 Å². The van der Waals surface area contributed by atoms with Gasteiger partial charge in [0.15, 0.2) is 0 Å². The van der Waals surface area contributed by atoms with Crippen LogP contribution in [0.25, 0.3) is 0 Å². The number of aromatic amines is 1. The SMILES string of the molecule is CC[C@H](C)[C@H](NC(=O)[C@H](C)NC(=O)[C@H](Cc1ccccc1)NC(=O)[C@@H](NC(=O)[C@@H](NC(=O)[C@@H](N)CC(C)C)[C@@H](C)CC)[C@@H](C)CC)C(=O)N[C@@H](CC(C)C)C(=O)N[C@H](C(=O)N[C@@H](CO)C(=O)N[C@@H](Cc1cnc[nH]1)C(=O)N[C@@H](CCCCN)C(=O)N[C@@H](CCCCN)C(=O)O)[C@@H](C)CC. The fourth-order valence-electron chi connectivity index (χ4n) is 10.7. The Kier molecular flexibility index (Phi) is 40.0. The second-order valence-corrected chi connectivity index (χ2v) is 27.0. The molecule has 1 heterocycles. The summed E-state index contributed by atoms with van der Waals surface area (Å²) < 4.78 is 0. The molecule has 11 amide bonds. The van der Waals surface area contributed by atoms with Crippen molar-refractivity contribution in [1.82, 2.24) is 68.5 Å². The van der Waals surface area contributed by atoms with E-state index in [0.29, 0.717) is 75.6 Å². The maximum Gasteiger partial charge on any atom is 0.326 e. The number of hydrogen-bond donors (Lipinski definition) is 17. The van der Waals surface area contributed by atoms with Gasteiger partial charge in [-0.1, -0.05) is 139 Å². The van der Waals surface area contributed by atoms with E-state index in [1.807, 2.05) is 27.7 Å². The number of aliphatic hydroxyl groups excluding tert-OH is 1. The van der Waals surface area contributed by atoms with E-state index in [4.69, 9.17) is 17.2 Å². The maximum absolute atomic E-state index is 14.5. The fourth-order valence-corrected chi connectivity index (χ4v) is 10.7. The van der Waals surface area contributed by atoms with Gasteiger partial charge in [-0.05, 0) is 112 Å². The van der Waals surface area contributed by atoms with E-state index in [1.54, 1.807) is 85.7 Å². The van der Waals surface area contributed by atoms with Crippen molar-refractivity contribution < 1.29 is 67.7 Å². The quantitative estimate of drug-likeness (QED) is 0.0401. The molecule has 0 spiro atoms. The zero-order chi connectivity index (χ0) is 74.6. The second kappa shape index (κ2) is 45.6. The van der Waals surface area contributed by atoms with Gasteiger partial charge in [0, 0.05) is 24.7 Å². The summed E-state index contributed by atoms with van der Waals surface area (Å²) in [5, 5.41) is 50.0. The smallest absolute Gasteiger partial charge is 0.326 e. The van der Waals surface area contributed by atoms with Crippen molar-refractivity contribution in [3.05, 3.63) is 54.1 Å². The molecule has 558 valence electrons. The van der Waals surface area contributed by atoms with E-state index in [0.717, 1.165) is 0 Å². The minimum atomic E-state index is -1.71. The predicted octanol–water partition coefficient (Wildman–Crippen LogP) is 0.486. The first kappa shape index (κ1) is 87.0. The molecule has 0 aliphatic carbocycles. The minimum Gasteiger partial charge on any atom is -0.480 e. The van der Waals surface area contributed by atoms with E-state index in [-0.39, 0.29) is 56.4 Å². The van der Waals surface area contributed by atoms with Gasteiger partial charge in [-0.2, -0.15) is 0 Å². The maximum atomic E-state index is 14.5. The number of carboxylic acid groups (broad SMARTS) is 1. The van der Waals surface area contributed by atoms with E-state index >= 15 is 0 Å². The lowest BCUT2D eigenvalue weighted by Crippen LogP contribution is -2.62. The molecule has 99 heavy (non-hydrogen) atoms. The molecule has 0 saturated carbocycles. The predicted molar refractivity (Wildman–Crippen MR) is 375 cm³/mol. The molecule has 0 aliphatic heterocycles. The van der Waals surface area contributed by atoms with Gasteiger partial charge in [0.25, 0.3) is 0 Å². The zero-order valence-corrected chi connectivity index (χ0v) is 60.4. The van der Waals surface area contributed by atoms with Crippen LogP contribution in [0.3, 0.4) is 0 Å². The Morgan fingerprint density at radius 3 is 1.26 bits per heavy atom. The summed E-state index contributed by atoms with van der Waals surface area (Å²) in [6.45, 7) is 22.6. The van der Waals surface area contributed by atoms with Crippen LogP contribution in [0, 0.1) is 35.5 Å². The Bertz CT molecular complexity index is 2870. The lowest BCUT2D eigenvalue weighted by Gasteiger charge is -2.31. The molecular weight excluding hydrogens is 1280 g/mol. The Labute approximate surface area is 583 Å². The van der Waals surface area contributed by atoms with Crippen molar-refractivity contribution >= 4 is 70.9 Å². The number of aliphatic hydroxyl groups is 1. The number of carbonyl (C=O) groups is 12. The summed E-state index contributed by atoms with van der Waals surface area (Å²) in [6.07, 6.45) is 6.43. The van der Waals surface area contributed by atoms with E-state index < -0.39 is 168 Å². The lowest BCUT2D eigenvalue weighted by atomic mass is 9.94. The Morgan fingerprint density at radius 2 is 0.808 bits per heavy atom. The minimum absolute atomic E-state index is 0.0337. The molecule has 30 heteroatoms. The molecule has 2 rings (SSSR count). The van der Waals surface area contributed by atoms with E-state index in [2.05, 4.69) is 68.5 Å². The number of H-pyrrole nitrogens is 1. The normalized spacial score (nSPS) is 16.3. The van der Waals surface area contributed by atoms with Gasteiger partial charge in [0.05, 0.1) is 19.0 Å². The Hall–Kier alpha value is -8.09. The molecule has 0 unspecified atom stereocenters. The van der Waals surface area contributed by atoms with Gasteiger partial charge >= 0.3 is 5.97 Å². The van der Waals surface area contributed by atoms with Crippen LogP contribution in [0.4, 0.5) is 0 Å². The van der Waals surface area contributed by atoms with Crippen molar-refractivity contribution in [3.8, 4) is 0 Å². The largest absolute Gasteiger partial charge is 0.480 e. The molecule has 0 bridgehead atoms. The van der Waals surface area contributed by atoms with Crippen molar-refractivity contribution in [3.63, 3.8) is 0 Å². The average molecular weight is 1400 g/mol. The van der Waals surface area contributed by atoms with Crippen LogP contribution in [0.5, 0.6) is 0 Å². The second-order valence-electron chi connectivity index (χ2n) is 27.0. The molecule has 1 aromatic carbocycles. The topological polar surface area (TPSA) is 484 Å². The van der Waals surface area contributed by atoms with Gasteiger partial charge < -0.3 is 90.9 Å². The molecule has 16 atom stereocenters. The van der Waals surface area contributed by atoms with Gasteiger partial charge in [0.1, 0.15) is 66.5 Å². The Balaban J connectivity index is 2.42. The van der Waals surface area contributed by atoms with Gasteiger partial charge in [-0.25, -0.2) is 9.78 Å². The van der Waals surface area contributed by atoms with Crippen LogP contribution < -0.4 is 75.7 Å². The molecule has 2 aromatic rings. The molecule has 1 aromatic heterocycles. The number of rotatable bonds is 48. The summed E-state index contributed by atoms with van der Waals surface area (Å²) >= 11 is 0. The summed E-state index contributed by atoms with van der Waals surface area (Å²) in [4.78, 5) is 175. The standard InChI is InChI=1S/C69H118N16O14/c1-14-40(9)54(82-58(87)44(13)75-61(90)51(33-45-25-19-18-20-26-45)80-66(95)56(42(11)16-3)85-68(97)57(43(12)17-4)83-59(88)47(72)31-38(5)6)65(94)79-50(32-39(7)8)63(92)84-55(41(10)15-2)67(96)81-53(36-86)64(93)78-52(34-46-35-73-37-74-46)62(91)76-48(27-21-23-29-70)60(89)77-49(69(98)99)28-22-24-30-71/h18-20,25-26,35,37-44,47-57,86H,14-17,21-24,27-34,36,70-72H2,1-13H3,(H,73,74)(H,75,90)(H,76,91)(H,77,89)(H,78,93)(H,79,94)(H,80,95)(H,81,96)(H,82,87)(H,83,88)(H,84,92)(H,85,97)(H,98,99)/t40-,41-,42-,43-,44-,47-,48-,49-,50-,51-,52-,53-,54-,55-,56-,57-/m0/s1. The van der Waals surface area contributed by atoms with Gasteiger partial charge in [-0.15, -0.1) is 0 Å². The molecular formula is C69H118N16O14. The number of nitrogens with two attached hydrogens (primary N) is 3. The van der Waals surface area contributed by atoms with E-state index in [9.17, 15) is 67.7 Å². The third kappa shape index (κ3) is 30.5. The number of hydrogen-bond acceptors (Lipinski definition) is 17. The highest BCUT2D eigenvalue weighted by Crippen LogP contribution is 2.18.